The molecule has 0 aliphatic heterocycles. The number of nitrogens with two attached hydrogens (primary N) is 1. The van der Waals surface area contributed by atoms with Gasteiger partial charge in [0, 0.05) is 17.9 Å². The Balaban J connectivity index is 2.18. The normalized spacial score (nSPS) is 33.6. The van der Waals surface area contributed by atoms with E-state index in [1.54, 1.807) is 12.4 Å². The van der Waals surface area contributed by atoms with Crippen molar-refractivity contribution >= 4 is 11.6 Å². The fourth-order valence-corrected chi connectivity index (χ4v) is 3.11. The van der Waals surface area contributed by atoms with Crippen LogP contribution in [0.15, 0.2) is 18.5 Å². The van der Waals surface area contributed by atoms with Crippen LogP contribution in [-0.2, 0) is 6.42 Å². The third-order valence-corrected chi connectivity index (χ3v) is 4.52. The second kappa shape index (κ2) is 4.95. The zero-order valence-electron chi connectivity index (χ0n) is 10.6. The van der Waals surface area contributed by atoms with Crippen LogP contribution in [0.4, 0.5) is 0 Å². The van der Waals surface area contributed by atoms with Gasteiger partial charge in [-0.3, -0.25) is 4.98 Å². The van der Waals surface area contributed by atoms with Crippen LogP contribution in [0.3, 0.4) is 0 Å². The van der Waals surface area contributed by atoms with Crippen molar-refractivity contribution < 1.29 is 0 Å². The number of hydrogen-bond donors (Lipinski definition) is 1. The second-order valence-corrected chi connectivity index (χ2v) is 6.07. The SMILES string of the molecule is CC1CCC(C)C(N)(Cc2ccncc2Cl)C1. The molecule has 1 aliphatic carbocycles. The Morgan fingerprint density at radius 1 is 1.47 bits per heavy atom. The first-order chi connectivity index (χ1) is 8.01. The van der Waals surface area contributed by atoms with E-state index >= 15 is 0 Å². The highest BCUT2D eigenvalue weighted by atomic mass is 35.5. The highest BCUT2D eigenvalue weighted by Crippen LogP contribution is 2.38. The maximum atomic E-state index is 6.61. The van der Waals surface area contributed by atoms with E-state index < -0.39 is 0 Å². The first-order valence-corrected chi connectivity index (χ1v) is 6.76. The number of nitrogens with zero attached hydrogens (tertiary/aromatic N) is 1. The van der Waals surface area contributed by atoms with E-state index in [1.165, 1.54) is 12.8 Å². The minimum absolute atomic E-state index is 0.108. The van der Waals surface area contributed by atoms with Gasteiger partial charge in [0.05, 0.1) is 5.02 Å². The van der Waals surface area contributed by atoms with Gasteiger partial charge in [-0.1, -0.05) is 31.9 Å². The highest BCUT2D eigenvalue weighted by Gasteiger charge is 2.37. The molecule has 1 aliphatic rings. The van der Waals surface area contributed by atoms with Crippen LogP contribution in [0.5, 0.6) is 0 Å². The number of pyridine rings is 1. The van der Waals surface area contributed by atoms with Gasteiger partial charge < -0.3 is 5.73 Å². The van der Waals surface area contributed by atoms with Gasteiger partial charge in [-0.25, -0.2) is 0 Å². The summed E-state index contributed by atoms with van der Waals surface area (Å²) in [6.45, 7) is 4.56. The molecule has 1 saturated carbocycles. The van der Waals surface area contributed by atoms with E-state index in [1.807, 2.05) is 6.07 Å². The molecule has 94 valence electrons. The van der Waals surface area contributed by atoms with Gasteiger partial charge in [0.1, 0.15) is 0 Å². The van der Waals surface area contributed by atoms with Gasteiger partial charge in [0.2, 0.25) is 0 Å². The lowest BCUT2D eigenvalue weighted by molar-refractivity contribution is 0.161. The Morgan fingerprint density at radius 3 is 2.94 bits per heavy atom. The molecule has 0 amide bonds. The van der Waals surface area contributed by atoms with Crippen LogP contribution < -0.4 is 5.73 Å². The minimum atomic E-state index is -0.108. The average Bonchev–Trinajstić information content (AvgIpc) is 2.27. The zero-order chi connectivity index (χ0) is 12.5. The molecule has 0 radical (unpaired) electrons. The Morgan fingerprint density at radius 2 is 2.24 bits per heavy atom. The minimum Gasteiger partial charge on any atom is -0.325 e. The largest absolute Gasteiger partial charge is 0.325 e. The Kier molecular flexibility index (Phi) is 3.74. The quantitative estimate of drug-likeness (QED) is 0.876. The van der Waals surface area contributed by atoms with Gasteiger partial charge in [0.25, 0.3) is 0 Å². The van der Waals surface area contributed by atoms with Gasteiger partial charge in [0.15, 0.2) is 0 Å². The molecule has 2 rings (SSSR count). The summed E-state index contributed by atoms with van der Waals surface area (Å²) >= 11 is 6.17. The van der Waals surface area contributed by atoms with Gasteiger partial charge in [-0.2, -0.15) is 0 Å². The van der Waals surface area contributed by atoms with Crippen LogP contribution >= 0.6 is 11.6 Å². The predicted molar refractivity (Wildman–Crippen MR) is 72.0 cm³/mol. The smallest absolute Gasteiger partial charge is 0.0621 e. The summed E-state index contributed by atoms with van der Waals surface area (Å²) in [4.78, 5) is 4.02. The van der Waals surface area contributed by atoms with E-state index in [0.717, 1.165) is 29.3 Å². The molecule has 0 saturated heterocycles. The maximum Gasteiger partial charge on any atom is 0.0621 e. The van der Waals surface area contributed by atoms with Crippen LogP contribution in [0, 0.1) is 11.8 Å². The van der Waals surface area contributed by atoms with Crippen LogP contribution in [0.2, 0.25) is 5.02 Å². The fraction of sp³-hybridized carbons (Fsp3) is 0.643. The van der Waals surface area contributed by atoms with E-state index in [0.29, 0.717) is 5.92 Å². The first kappa shape index (κ1) is 12.8. The summed E-state index contributed by atoms with van der Waals surface area (Å²) in [5.74, 6) is 1.28. The van der Waals surface area contributed by atoms with Crippen molar-refractivity contribution in [2.75, 3.05) is 0 Å². The molecule has 17 heavy (non-hydrogen) atoms. The molecule has 2 nitrogen and oxygen atoms in total. The molecule has 3 heteroatoms. The molecule has 2 N–H and O–H groups in total. The van der Waals surface area contributed by atoms with E-state index in [9.17, 15) is 0 Å². The fourth-order valence-electron chi connectivity index (χ4n) is 2.92. The second-order valence-electron chi connectivity index (χ2n) is 5.66. The van der Waals surface area contributed by atoms with Crippen LogP contribution in [0.1, 0.15) is 38.7 Å². The molecule has 1 aromatic rings. The van der Waals surface area contributed by atoms with Crippen molar-refractivity contribution in [1.29, 1.82) is 0 Å². The first-order valence-electron chi connectivity index (χ1n) is 6.38. The Hall–Kier alpha value is -0.600. The van der Waals surface area contributed by atoms with Gasteiger partial charge in [-0.15, -0.1) is 0 Å². The van der Waals surface area contributed by atoms with Crippen LogP contribution in [0.25, 0.3) is 0 Å². The molecule has 3 unspecified atom stereocenters. The molecule has 0 aromatic carbocycles. The highest BCUT2D eigenvalue weighted by molar-refractivity contribution is 6.31. The number of rotatable bonds is 2. The van der Waals surface area contributed by atoms with Gasteiger partial charge in [-0.05, 0) is 42.7 Å². The molecular weight excluding hydrogens is 232 g/mol. The molecular formula is C14H21ClN2. The lowest BCUT2D eigenvalue weighted by atomic mass is 9.68. The van der Waals surface area contributed by atoms with Crippen molar-refractivity contribution in [1.82, 2.24) is 4.98 Å². The molecule has 0 bridgehead atoms. The van der Waals surface area contributed by atoms with E-state index in [2.05, 4.69) is 18.8 Å². The molecule has 3 atom stereocenters. The number of aromatic nitrogens is 1. The monoisotopic (exact) mass is 252 g/mol. The lowest BCUT2D eigenvalue weighted by Gasteiger charge is -2.42. The van der Waals surface area contributed by atoms with Crippen molar-refractivity contribution in [2.24, 2.45) is 17.6 Å². The maximum absolute atomic E-state index is 6.61. The summed E-state index contributed by atoms with van der Waals surface area (Å²) in [5.41, 5.74) is 7.64. The summed E-state index contributed by atoms with van der Waals surface area (Å²) in [5, 5.41) is 0.739. The van der Waals surface area contributed by atoms with Crippen molar-refractivity contribution in [3.05, 3.63) is 29.0 Å². The van der Waals surface area contributed by atoms with E-state index in [4.69, 9.17) is 17.3 Å². The third kappa shape index (κ3) is 2.80. The predicted octanol–water partition coefficient (Wildman–Crippen LogP) is 3.43. The average molecular weight is 253 g/mol. The van der Waals surface area contributed by atoms with Gasteiger partial charge >= 0.3 is 0 Å². The Bertz CT molecular complexity index is 394. The number of hydrogen-bond acceptors (Lipinski definition) is 2. The third-order valence-electron chi connectivity index (χ3n) is 4.18. The molecule has 0 spiro atoms. The summed E-state index contributed by atoms with van der Waals surface area (Å²) in [6, 6.07) is 1.99. The van der Waals surface area contributed by atoms with Crippen molar-refractivity contribution in [3.63, 3.8) is 0 Å². The number of halogens is 1. The standard InChI is InChI=1S/C14H21ClN2/c1-10-3-4-11(2)14(16,7-10)8-12-5-6-17-9-13(12)15/h5-6,9-11H,3-4,7-8,16H2,1-2H3. The summed E-state index contributed by atoms with van der Waals surface area (Å²) in [6.07, 6.45) is 7.97. The lowest BCUT2D eigenvalue weighted by Crippen LogP contribution is -2.51. The molecule has 1 fully saturated rings. The van der Waals surface area contributed by atoms with Crippen molar-refractivity contribution in [3.8, 4) is 0 Å². The topological polar surface area (TPSA) is 38.9 Å². The molecule has 1 heterocycles. The van der Waals surface area contributed by atoms with E-state index in [-0.39, 0.29) is 5.54 Å². The Labute approximate surface area is 109 Å². The zero-order valence-corrected chi connectivity index (χ0v) is 11.4. The van der Waals surface area contributed by atoms with Crippen LogP contribution in [-0.4, -0.2) is 10.5 Å². The van der Waals surface area contributed by atoms with Crippen molar-refractivity contribution in [2.45, 2.75) is 45.1 Å². The summed E-state index contributed by atoms with van der Waals surface area (Å²) < 4.78 is 0. The molecule has 1 aromatic heterocycles. The summed E-state index contributed by atoms with van der Waals surface area (Å²) in [7, 11) is 0.